The summed E-state index contributed by atoms with van der Waals surface area (Å²) in [6.45, 7) is 1.20. The first-order valence-electron chi connectivity index (χ1n) is 16.7. The summed E-state index contributed by atoms with van der Waals surface area (Å²) in [5, 5.41) is 19.7. The van der Waals surface area contributed by atoms with Crippen molar-refractivity contribution in [1.29, 1.82) is 0 Å². The van der Waals surface area contributed by atoms with Gasteiger partial charge in [-0.2, -0.15) is 13.2 Å². The highest BCUT2D eigenvalue weighted by Gasteiger charge is 2.44. The van der Waals surface area contributed by atoms with Crippen molar-refractivity contribution in [3.63, 3.8) is 0 Å². The summed E-state index contributed by atoms with van der Waals surface area (Å²) in [5.74, 6) is -4.20. The van der Waals surface area contributed by atoms with E-state index < -0.39 is 78.8 Å². The Kier molecular flexibility index (Phi) is 13.9. The number of aliphatic hydroxyl groups is 1. The molecular formula is C39H40F3N5O6. The Labute approximate surface area is 304 Å². The van der Waals surface area contributed by atoms with Gasteiger partial charge in [-0.1, -0.05) is 103 Å². The molecule has 0 bridgehead atoms. The standard InChI is InChI=1S/C39H40F3N5O6/c1-24(35(50)45-30(21-22-32(43)48)34(49)39(40,41)42)44-37(52)31(23-25-11-5-2-6-12-25)46-38(53)33(28-15-9-4-10-16-28)47-36(51)29-19-17-27(18-20-29)26-13-7-3-8-14-26/h2-20,24,30-31,33-34,49H,21-23H2,1H3,(H2,43,48)(H,44,52)(H,45,50)(H,46,53)(H,47,51)/t24-,30?,31-,33-,34?/m0/s1. The van der Waals surface area contributed by atoms with E-state index in [2.05, 4.69) is 16.0 Å². The molecule has 11 nitrogen and oxygen atoms in total. The predicted octanol–water partition coefficient (Wildman–Crippen LogP) is 3.73. The van der Waals surface area contributed by atoms with E-state index >= 15 is 0 Å². The zero-order valence-electron chi connectivity index (χ0n) is 28.7. The molecule has 0 radical (unpaired) electrons. The summed E-state index contributed by atoms with van der Waals surface area (Å²) < 4.78 is 39.9. The first-order valence-corrected chi connectivity index (χ1v) is 16.7. The third-order valence-electron chi connectivity index (χ3n) is 8.34. The maximum absolute atomic E-state index is 14.0. The number of amides is 5. The summed E-state index contributed by atoms with van der Waals surface area (Å²) in [6.07, 6.45) is -9.35. The van der Waals surface area contributed by atoms with Crippen molar-refractivity contribution in [2.75, 3.05) is 0 Å². The topological polar surface area (TPSA) is 180 Å². The molecule has 278 valence electrons. The third kappa shape index (κ3) is 11.8. The highest BCUT2D eigenvalue weighted by atomic mass is 19.4. The molecule has 0 fully saturated rings. The van der Waals surface area contributed by atoms with Gasteiger partial charge in [0.25, 0.3) is 5.91 Å². The van der Waals surface area contributed by atoms with E-state index in [1.165, 1.54) is 6.92 Å². The van der Waals surface area contributed by atoms with Crippen LogP contribution in [0.3, 0.4) is 0 Å². The van der Waals surface area contributed by atoms with Crippen molar-refractivity contribution < 1.29 is 42.3 Å². The lowest BCUT2D eigenvalue weighted by atomic mass is 10.0. The smallest absolute Gasteiger partial charge is 0.382 e. The maximum atomic E-state index is 14.0. The van der Waals surface area contributed by atoms with Crippen LogP contribution in [0.15, 0.2) is 115 Å². The van der Waals surface area contributed by atoms with E-state index in [4.69, 9.17) is 5.73 Å². The minimum atomic E-state index is -5.12. The van der Waals surface area contributed by atoms with Crippen LogP contribution in [0, 0.1) is 0 Å². The average molecular weight is 732 g/mol. The number of halogens is 3. The minimum Gasteiger partial charge on any atom is -0.382 e. The number of benzene rings is 4. The van der Waals surface area contributed by atoms with Crippen molar-refractivity contribution in [2.24, 2.45) is 5.73 Å². The molecule has 0 aliphatic heterocycles. The first-order chi connectivity index (χ1) is 25.2. The highest BCUT2D eigenvalue weighted by Crippen LogP contribution is 2.25. The Morgan fingerprint density at radius 3 is 1.79 bits per heavy atom. The van der Waals surface area contributed by atoms with Gasteiger partial charge in [-0.15, -0.1) is 0 Å². The van der Waals surface area contributed by atoms with Crippen LogP contribution in [-0.2, 0) is 25.6 Å². The zero-order chi connectivity index (χ0) is 38.5. The molecule has 2 unspecified atom stereocenters. The van der Waals surface area contributed by atoms with Crippen molar-refractivity contribution in [1.82, 2.24) is 21.3 Å². The van der Waals surface area contributed by atoms with Gasteiger partial charge in [-0.3, -0.25) is 24.0 Å². The van der Waals surface area contributed by atoms with Crippen LogP contribution in [0.4, 0.5) is 13.2 Å². The predicted molar refractivity (Wildman–Crippen MR) is 191 cm³/mol. The molecule has 4 aromatic carbocycles. The Balaban J connectivity index is 1.53. The Morgan fingerprint density at radius 2 is 1.23 bits per heavy atom. The summed E-state index contributed by atoms with van der Waals surface area (Å²) in [6, 6.07) is 27.4. The van der Waals surface area contributed by atoms with Crippen LogP contribution in [0.2, 0.25) is 0 Å². The van der Waals surface area contributed by atoms with Crippen LogP contribution >= 0.6 is 0 Å². The maximum Gasteiger partial charge on any atom is 0.416 e. The molecule has 4 rings (SSSR count). The van der Waals surface area contributed by atoms with Crippen molar-refractivity contribution in [2.45, 2.75) is 62.6 Å². The molecule has 0 spiro atoms. The monoisotopic (exact) mass is 731 g/mol. The molecule has 5 amide bonds. The molecule has 5 atom stereocenters. The lowest BCUT2D eigenvalue weighted by Gasteiger charge is -2.28. The van der Waals surface area contributed by atoms with Crippen LogP contribution in [0.25, 0.3) is 11.1 Å². The number of carbonyl (C=O) groups is 5. The summed E-state index contributed by atoms with van der Waals surface area (Å²) in [7, 11) is 0. The molecule has 0 heterocycles. The lowest BCUT2D eigenvalue weighted by molar-refractivity contribution is -0.212. The Bertz CT molecular complexity index is 1840. The number of nitrogens with two attached hydrogens (primary N) is 1. The van der Waals surface area contributed by atoms with Crippen LogP contribution in [-0.4, -0.2) is 65.0 Å². The van der Waals surface area contributed by atoms with Gasteiger partial charge in [-0.05, 0) is 47.7 Å². The van der Waals surface area contributed by atoms with Gasteiger partial charge in [0.2, 0.25) is 23.6 Å². The number of nitrogens with one attached hydrogen (secondary N) is 4. The van der Waals surface area contributed by atoms with Gasteiger partial charge < -0.3 is 32.1 Å². The Morgan fingerprint density at radius 1 is 0.679 bits per heavy atom. The molecule has 0 saturated heterocycles. The number of primary amides is 1. The highest BCUT2D eigenvalue weighted by molar-refractivity contribution is 5.99. The van der Waals surface area contributed by atoms with Gasteiger partial charge in [0.15, 0.2) is 6.10 Å². The fraction of sp³-hybridized carbons (Fsp3) is 0.256. The normalized spacial score (nSPS) is 14.1. The number of carbonyl (C=O) groups excluding carboxylic acids is 5. The molecule has 0 aliphatic carbocycles. The molecule has 4 aromatic rings. The Hall–Kier alpha value is -6.02. The van der Waals surface area contributed by atoms with Crippen molar-refractivity contribution >= 4 is 29.5 Å². The molecular weight excluding hydrogens is 691 g/mol. The van der Waals surface area contributed by atoms with Gasteiger partial charge in [0, 0.05) is 18.4 Å². The third-order valence-corrected chi connectivity index (χ3v) is 8.34. The molecule has 0 saturated carbocycles. The van der Waals surface area contributed by atoms with E-state index in [-0.39, 0.29) is 12.0 Å². The second-order valence-corrected chi connectivity index (χ2v) is 12.3. The summed E-state index contributed by atoms with van der Waals surface area (Å²) in [4.78, 5) is 65.3. The second-order valence-electron chi connectivity index (χ2n) is 12.3. The number of hydrogen-bond acceptors (Lipinski definition) is 6. The van der Waals surface area contributed by atoms with E-state index in [0.29, 0.717) is 11.1 Å². The van der Waals surface area contributed by atoms with Crippen LogP contribution < -0.4 is 27.0 Å². The van der Waals surface area contributed by atoms with E-state index in [1.807, 2.05) is 35.6 Å². The van der Waals surface area contributed by atoms with E-state index in [9.17, 15) is 42.3 Å². The fourth-order valence-corrected chi connectivity index (χ4v) is 5.44. The quantitative estimate of drug-likeness (QED) is 0.102. The number of aliphatic hydroxyl groups excluding tert-OH is 1. The molecule has 53 heavy (non-hydrogen) atoms. The zero-order valence-corrected chi connectivity index (χ0v) is 28.7. The van der Waals surface area contributed by atoms with Crippen LogP contribution in [0.5, 0.6) is 0 Å². The lowest BCUT2D eigenvalue weighted by Crippen LogP contribution is -2.57. The van der Waals surface area contributed by atoms with Crippen molar-refractivity contribution in [3.05, 3.63) is 132 Å². The number of alkyl halides is 3. The minimum absolute atomic E-state index is 0.0584. The summed E-state index contributed by atoms with van der Waals surface area (Å²) >= 11 is 0. The number of hydrogen-bond donors (Lipinski definition) is 6. The van der Waals surface area contributed by atoms with Gasteiger partial charge in [0.05, 0.1) is 6.04 Å². The SMILES string of the molecule is C[C@H](NC(=O)[C@H](Cc1ccccc1)NC(=O)[C@@H](NC(=O)c1ccc(-c2ccccc2)cc1)c1ccccc1)C(=O)NC(CCC(N)=O)C(O)C(F)(F)F. The van der Waals surface area contributed by atoms with E-state index in [1.54, 1.807) is 84.9 Å². The largest absolute Gasteiger partial charge is 0.416 e. The fourth-order valence-electron chi connectivity index (χ4n) is 5.44. The summed E-state index contributed by atoms with van der Waals surface area (Å²) in [5.41, 5.74) is 8.21. The van der Waals surface area contributed by atoms with Crippen molar-refractivity contribution in [3.8, 4) is 11.1 Å². The van der Waals surface area contributed by atoms with Gasteiger partial charge >= 0.3 is 6.18 Å². The molecule has 0 aromatic heterocycles. The van der Waals surface area contributed by atoms with Crippen LogP contribution in [0.1, 0.15) is 47.3 Å². The molecule has 14 heteroatoms. The van der Waals surface area contributed by atoms with Gasteiger partial charge in [-0.25, -0.2) is 0 Å². The average Bonchev–Trinajstić information content (AvgIpc) is 3.15. The number of rotatable bonds is 16. The van der Waals surface area contributed by atoms with E-state index in [0.717, 1.165) is 11.1 Å². The van der Waals surface area contributed by atoms with Gasteiger partial charge in [0.1, 0.15) is 18.1 Å². The molecule has 7 N–H and O–H groups in total. The first kappa shape index (κ1) is 39.8. The second kappa shape index (κ2) is 18.5. The molecule has 0 aliphatic rings.